The van der Waals surface area contributed by atoms with Crippen molar-refractivity contribution in [2.75, 3.05) is 6.61 Å². The molecule has 1 N–H and O–H groups in total. The average Bonchev–Trinajstić information content (AvgIpc) is 2.90. The number of hydrogen-bond acceptors (Lipinski definition) is 2. The fourth-order valence-electron chi connectivity index (χ4n) is 7.17. The molecule has 34 heavy (non-hydrogen) atoms. The Morgan fingerprint density at radius 3 is 1.68 bits per heavy atom. The summed E-state index contributed by atoms with van der Waals surface area (Å²) in [5.74, 6) is -0.363. The number of carboxylic acids is 1. The maximum Gasteiger partial charge on any atom is 0.341 e. The quantitative estimate of drug-likeness (QED) is 0.354. The molecule has 0 saturated heterocycles. The van der Waals surface area contributed by atoms with E-state index in [0.29, 0.717) is 5.75 Å². The molecule has 0 spiro atoms. The summed E-state index contributed by atoms with van der Waals surface area (Å²) in [5, 5.41) is 10.5. The molecule has 3 saturated carbocycles. The standard InChI is InChI=1S/C12H10O3.3C6H11.Sn.H/c13-12(14)8-15-11-7-3-5-9-4-1-2-6-10(9)11;3*1-2-4-6-5-3-1;;/h1-7H,8H2,(H,13,14);3*1H,2-6H2;;. The van der Waals surface area contributed by atoms with Gasteiger partial charge in [0.1, 0.15) is 5.75 Å². The van der Waals surface area contributed by atoms with Gasteiger partial charge in [-0.2, -0.15) is 0 Å². The molecule has 0 heterocycles. The van der Waals surface area contributed by atoms with Crippen molar-refractivity contribution in [3.63, 3.8) is 0 Å². The van der Waals surface area contributed by atoms with Gasteiger partial charge in [-0.05, 0) is 11.5 Å². The molecule has 0 atom stereocenters. The Balaban J connectivity index is 0.000000166. The molecule has 0 amide bonds. The first-order chi connectivity index (χ1) is 16.7. The summed E-state index contributed by atoms with van der Waals surface area (Å²) in [4.78, 5) is 10.4. The molecule has 3 aliphatic carbocycles. The van der Waals surface area contributed by atoms with Crippen LogP contribution in [-0.4, -0.2) is 37.4 Å². The third-order valence-corrected chi connectivity index (χ3v) is 23.7. The number of hydrogen-bond donors (Lipinski definition) is 1. The van der Waals surface area contributed by atoms with Gasteiger partial charge in [-0.3, -0.25) is 0 Å². The van der Waals surface area contributed by atoms with Gasteiger partial charge in [-0.1, -0.05) is 36.4 Å². The molecule has 0 radical (unpaired) electrons. The third-order valence-electron chi connectivity index (χ3n) is 8.68. The van der Waals surface area contributed by atoms with Crippen molar-refractivity contribution in [3.8, 4) is 5.75 Å². The van der Waals surface area contributed by atoms with Crippen molar-refractivity contribution in [1.29, 1.82) is 0 Å². The van der Waals surface area contributed by atoms with E-state index < -0.39 is 25.7 Å². The monoisotopic (exact) mass is 572 g/mol. The molecule has 5 rings (SSSR count). The zero-order chi connectivity index (χ0) is 23.6. The van der Waals surface area contributed by atoms with Crippen molar-refractivity contribution in [2.45, 2.75) is 108 Å². The fraction of sp³-hybridized carbons (Fsp3) is 0.633. The van der Waals surface area contributed by atoms with Gasteiger partial charge >= 0.3 is 134 Å². The number of carbonyl (C=O) groups is 1. The topological polar surface area (TPSA) is 46.5 Å². The van der Waals surface area contributed by atoms with Crippen molar-refractivity contribution in [1.82, 2.24) is 0 Å². The minimum Gasteiger partial charge on any atom is -0.481 e. The number of aliphatic carboxylic acids is 1. The molecule has 2 aromatic carbocycles. The van der Waals surface area contributed by atoms with Gasteiger partial charge in [-0.25, -0.2) is 4.79 Å². The van der Waals surface area contributed by atoms with E-state index in [2.05, 4.69) is 0 Å². The molecule has 0 unspecified atom stereocenters. The molecule has 0 aliphatic heterocycles. The minimum atomic E-state index is -1.31. The summed E-state index contributed by atoms with van der Waals surface area (Å²) in [6, 6.07) is 13.3. The second-order valence-electron chi connectivity index (χ2n) is 10.9. The molecule has 186 valence electrons. The second kappa shape index (κ2) is 13.8. The van der Waals surface area contributed by atoms with Crippen molar-refractivity contribution in [3.05, 3.63) is 42.5 Å². The van der Waals surface area contributed by atoms with Crippen LogP contribution in [0.2, 0.25) is 11.8 Å². The van der Waals surface area contributed by atoms with Gasteiger partial charge in [0.15, 0.2) is 6.61 Å². The van der Waals surface area contributed by atoms with E-state index in [1.165, 1.54) is 11.8 Å². The Kier molecular flexibility index (Phi) is 10.5. The Bertz CT molecular complexity index is 831. The van der Waals surface area contributed by atoms with Crippen LogP contribution in [0.5, 0.6) is 5.75 Å². The predicted octanol–water partition coefficient (Wildman–Crippen LogP) is 8.52. The van der Waals surface area contributed by atoms with E-state index >= 15 is 0 Å². The van der Waals surface area contributed by atoms with Crippen LogP contribution in [0, 0.1) is 0 Å². The molecule has 3 nitrogen and oxygen atoms in total. The van der Waals surface area contributed by atoms with Crippen LogP contribution in [0.1, 0.15) is 96.3 Å². The summed E-state index contributed by atoms with van der Waals surface area (Å²) in [6.45, 7) is -0.312. The Labute approximate surface area is 213 Å². The maximum atomic E-state index is 10.4. The first-order valence-corrected chi connectivity index (χ1v) is 19.8. The molecule has 4 heteroatoms. The van der Waals surface area contributed by atoms with Crippen LogP contribution in [0.25, 0.3) is 10.8 Å². The smallest absolute Gasteiger partial charge is 0.341 e. The van der Waals surface area contributed by atoms with E-state index in [-0.39, 0.29) is 6.61 Å². The van der Waals surface area contributed by atoms with E-state index in [1.807, 2.05) is 36.4 Å². The van der Waals surface area contributed by atoms with E-state index in [9.17, 15) is 4.79 Å². The number of carboxylic acid groups (broad SMARTS) is 1. The number of ether oxygens (including phenoxy) is 1. The van der Waals surface area contributed by atoms with Crippen LogP contribution < -0.4 is 4.74 Å². The number of fused-ring (bicyclic) bond motifs is 1. The van der Waals surface area contributed by atoms with Gasteiger partial charge in [0, 0.05) is 5.39 Å². The van der Waals surface area contributed by atoms with Crippen molar-refractivity contribution in [2.24, 2.45) is 0 Å². The van der Waals surface area contributed by atoms with E-state index in [0.717, 1.165) is 10.8 Å². The predicted molar refractivity (Wildman–Crippen MR) is 145 cm³/mol. The minimum absolute atomic E-state index is 0.312. The Morgan fingerprint density at radius 1 is 0.706 bits per heavy atom. The van der Waals surface area contributed by atoms with Gasteiger partial charge in [0.05, 0.1) is 0 Å². The Morgan fingerprint density at radius 2 is 1.18 bits per heavy atom. The summed E-state index contributed by atoms with van der Waals surface area (Å²) < 4.78 is 9.19. The van der Waals surface area contributed by atoms with Crippen LogP contribution in [-0.2, 0) is 4.79 Å². The average molecular weight is 571 g/mol. The normalized spacial score (nSPS) is 20.6. The number of rotatable bonds is 6. The largest absolute Gasteiger partial charge is 0.481 e. The molecule has 2 aromatic rings. The molecular weight excluding hydrogens is 527 g/mol. The van der Waals surface area contributed by atoms with E-state index in [4.69, 9.17) is 9.84 Å². The zero-order valence-corrected chi connectivity index (χ0v) is 24.2. The van der Waals surface area contributed by atoms with Crippen molar-refractivity contribution >= 4 is 36.5 Å². The maximum absolute atomic E-state index is 10.4. The SMILES string of the molecule is C1CC[CH]([SnH]([CH]2CCCCC2)[CH]2CCCCC2)CC1.O=C(O)COc1cccc2ccccc12. The van der Waals surface area contributed by atoms with Crippen LogP contribution in [0.15, 0.2) is 42.5 Å². The third kappa shape index (κ3) is 7.38. The van der Waals surface area contributed by atoms with Gasteiger partial charge in [0.25, 0.3) is 0 Å². The molecule has 0 aromatic heterocycles. The summed E-state index contributed by atoms with van der Waals surface area (Å²) in [6.07, 6.45) is 24.3. The molecule has 0 bridgehead atoms. The first kappa shape index (κ1) is 25.8. The summed E-state index contributed by atoms with van der Waals surface area (Å²) in [5.41, 5.74) is 0. The fourth-order valence-corrected chi connectivity index (χ4v) is 24.4. The van der Waals surface area contributed by atoms with Crippen LogP contribution >= 0.6 is 0 Å². The first-order valence-electron chi connectivity index (χ1n) is 14.0. The van der Waals surface area contributed by atoms with Gasteiger partial charge in [0.2, 0.25) is 0 Å². The van der Waals surface area contributed by atoms with Gasteiger partial charge < -0.3 is 9.84 Å². The Hall–Kier alpha value is -1.23. The van der Waals surface area contributed by atoms with Gasteiger partial charge in [-0.15, -0.1) is 0 Å². The summed E-state index contributed by atoms with van der Waals surface area (Å²) >= 11 is -1.31. The van der Waals surface area contributed by atoms with E-state index in [1.54, 1.807) is 102 Å². The molecular formula is C30H44O3Sn. The second-order valence-corrected chi connectivity index (χ2v) is 22.3. The van der Waals surface area contributed by atoms with Crippen LogP contribution in [0.3, 0.4) is 0 Å². The summed E-state index contributed by atoms with van der Waals surface area (Å²) in [7, 11) is 0. The molecule has 3 fully saturated rings. The van der Waals surface area contributed by atoms with Crippen LogP contribution in [0.4, 0.5) is 0 Å². The van der Waals surface area contributed by atoms with Crippen molar-refractivity contribution < 1.29 is 14.6 Å². The number of benzene rings is 2. The molecule has 3 aliphatic rings. The zero-order valence-electron chi connectivity index (χ0n) is 20.9.